The molecule has 0 radical (unpaired) electrons. The molecule has 138 valence electrons. The van der Waals surface area contributed by atoms with Crippen LogP contribution in [0.1, 0.15) is 17.0 Å². The first-order valence-electron chi connectivity index (χ1n) is 8.26. The molecule has 0 saturated carbocycles. The highest BCUT2D eigenvalue weighted by molar-refractivity contribution is 7.93. The Kier molecular flexibility index (Phi) is 4.15. The molecule has 0 aliphatic heterocycles. The Bertz CT molecular complexity index is 1210. The van der Waals surface area contributed by atoms with Gasteiger partial charge in [0.25, 0.3) is 10.0 Å². The van der Waals surface area contributed by atoms with Gasteiger partial charge in [0, 0.05) is 11.4 Å². The summed E-state index contributed by atoms with van der Waals surface area (Å²) in [6, 6.07) is 13.9. The van der Waals surface area contributed by atoms with Crippen molar-refractivity contribution >= 4 is 26.7 Å². The zero-order chi connectivity index (χ0) is 19.0. The molecule has 0 amide bonds. The second-order valence-electron chi connectivity index (χ2n) is 6.28. The molecule has 1 N–H and O–H groups in total. The molecular weight excluding hydrogens is 366 g/mol. The van der Waals surface area contributed by atoms with Gasteiger partial charge in [-0.25, -0.2) is 13.0 Å². The van der Waals surface area contributed by atoms with Crippen molar-refractivity contribution in [3.63, 3.8) is 0 Å². The molecule has 2 aromatic heterocycles. The van der Waals surface area contributed by atoms with E-state index in [2.05, 4.69) is 24.8 Å². The summed E-state index contributed by atoms with van der Waals surface area (Å²) in [6.45, 7) is 4.57. The first-order chi connectivity index (χ1) is 12.9. The summed E-state index contributed by atoms with van der Waals surface area (Å²) in [5, 5.41) is 11.8. The third kappa shape index (κ3) is 3.41. The van der Waals surface area contributed by atoms with E-state index in [4.69, 9.17) is 0 Å². The Morgan fingerprint density at radius 1 is 1.07 bits per heavy atom. The Morgan fingerprint density at radius 2 is 1.85 bits per heavy atom. The van der Waals surface area contributed by atoms with E-state index in [0.29, 0.717) is 17.7 Å². The van der Waals surface area contributed by atoms with Crippen LogP contribution in [0.2, 0.25) is 0 Å². The molecule has 0 aliphatic rings. The summed E-state index contributed by atoms with van der Waals surface area (Å²) in [6.07, 6.45) is 0. The zero-order valence-electron chi connectivity index (χ0n) is 14.7. The maximum absolute atomic E-state index is 12.7. The number of hydrogen-bond donors (Lipinski definition) is 1. The normalized spacial score (nSPS) is 11.8. The van der Waals surface area contributed by atoms with E-state index in [1.54, 1.807) is 24.3 Å². The van der Waals surface area contributed by atoms with Crippen molar-refractivity contribution in [3.05, 3.63) is 65.5 Å². The van der Waals surface area contributed by atoms with Gasteiger partial charge in [-0.2, -0.15) is 5.10 Å². The molecule has 0 fully saturated rings. The van der Waals surface area contributed by atoms with Crippen molar-refractivity contribution < 1.29 is 13.0 Å². The number of nitrogens with zero attached hydrogens (tertiary/aromatic N) is 4. The fourth-order valence-corrected chi connectivity index (χ4v) is 4.10. The lowest BCUT2D eigenvalue weighted by Gasteiger charge is -2.09. The van der Waals surface area contributed by atoms with Crippen LogP contribution in [0.5, 0.6) is 0 Å². The maximum Gasteiger partial charge on any atom is 0.264 e. The quantitative estimate of drug-likeness (QED) is 0.568. The van der Waals surface area contributed by atoms with E-state index in [1.807, 2.05) is 36.7 Å². The Morgan fingerprint density at radius 3 is 2.56 bits per heavy atom. The topological polar surface area (TPSA) is 103 Å². The number of fused-ring (bicyclic) bond motifs is 1. The summed E-state index contributed by atoms with van der Waals surface area (Å²) < 4.78 is 34.5. The minimum absolute atomic E-state index is 0.0213. The van der Waals surface area contributed by atoms with E-state index in [1.165, 1.54) is 6.07 Å². The molecule has 0 bridgehead atoms. The number of rotatable bonds is 5. The van der Waals surface area contributed by atoms with E-state index in [9.17, 15) is 8.42 Å². The van der Waals surface area contributed by atoms with Crippen molar-refractivity contribution in [1.29, 1.82) is 0 Å². The average molecular weight is 383 g/mol. The van der Waals surface area contributed by atoms with Crippen LogP contribution in [0.3, 0.4) is 0 Å². The predicted octanol–water partition coefficient (Wildman–Crippen LogP) is 2.89. The second kappa shape index (κ2) is 6.51. The highest BCUT2D eigenvalue weighted by atomic mass is 32.2. The van der Waals surface area contributed by atoms with Crippen molar-refractivity contribution in [1.82, 2.24) is 20.1 Å². The Balaban J connectivity index is 1.56. The fourth-order valence-electron chi connectivity index (χ4n) is 2.89. The molecule has 8 nitrogen and oxygen atoms in total. The predicted molar refractivity (Wildman–Crippen MR) is 99.9 cm³/mol. The minimum atomic E-state index is -3.82. The van der Waals surface area contributed by atoms with Crippen LogP contribution in [0.4, 0.5) is 5.69 Å². The second-order valence-corrected chi connectivity index (χ2v) is 7.93. The summed E-state index contributed by atoms with van der Waals surface area (Å²) in [5.41, 5.74) is 4.11. The van der Waals surface area contributed by atoms with Gasteiger partial charge < -0.3 is 0 Å². The van der Waals surface area contributed by atoms with Gasteiger partial charge in [-0.15, -0.1) is 0 Å². The first kappa shape index (κ1) is 17.2. The molecule has 9 heteroatoms. The Labute approximate surface area is 155 Å². The Hall–Kier alpha value is -3.20. The summed E-state index contributed by atoms with van der Waals surface area (Å²) in [7, 11) is -3.82. The van der Waals surface area contributed by atoms with Crippen LogP contribution < -0.4 is 4.72 Å². The number of benzene rings is 2. The molecule has 0 saturated heterocycles. The number of aromatic nitrogens is 4. The summed E-state index contributed by atoms with van der Waals surface area (Å²) >= 11 is 0. The van der Waals surface area contributed by atoms with Gasteiger partial charge in [-0.3, -0.25) is 9.40 Å². The minimum Gasteiger partial charge on any atom is -0.280 e. The zero-order valence-corrected chi connectivity index (χ0v) is 15.6. The van der Waals surface area contributed by atoms with Crippen LogP contribution in [0.15, 0.2) is 58.1 Å². The molecule has 27 heavy (non-hydrogen) atoms. The number of hydrogen-bond acceptors (Lipinski definition) is 6. The molecule has 4 rings (SSSR count). The highest BCUT2D eigenvalue weighted by Crippen LogP contribution is 2.23. The SMILES string of the molecule is Cc1cc(C)n(Cc2ccc(NS(=O)(=O)c3cccc4nonc34)cc2)n1. The molecule has 2 aromatic carbocycles. The van der Waals surface area contributed by atoms with Crippen molar-refractivity contribution in [2.45, 2.75) is 25.3 Å². The van der Waals surface area contributed by atoms with E-state index < -0.39 is 10.0 Å². The van der Waals surface area contributed by atoms with Crippen LogP contribution in [0, 0.1) is 13.8 Å². The summed E-state index contributed by atoms with van der Waals surface area (Å²) in [5.74, 6) is 0. The van der Waals surface area contributed by atoms with Gasteiger partial charge in [0.05, 0.1) is 12.2 Å². The van der Waals surface area contributed by atoms with E-state index in [-0.39, 0.29) is 10.4 Å². The van der Waals surface area contributed by atoms with E-state index in [0.717, 1.165) is 17.0 Å². The van der Waals surface area contributed by atoms with Gasteiger partial charge in [0.1, 0.15) is 10.4 Å². The molecule has 0 unspecified atom stereocenters. The van der Waals surface area contributed by atoms with Crippen LogP contribution in [-0.2, 0) is 16.6 Å². The van der Waals surface area contributed by atoms with Crippen LogP contribution >= 0.6 is 0 Å². The number of aryl methyl sites for hydroxylation is 2. The molecule has 2 heterocycles. The number of sulfonamides is 1. The standard InChI is InChI=1S/C18H17N5O3S/c1-12-10-13(2)23(19-12)11-14-6-8-15(9-7-14)22-27(24,25)17-5-3-4-16-18(17)21-26-20-16/h3-10,22H,11H2,1-2H3. The first-order valence-corrected chi connectivity index (χ1v) is 9.75. The smallest absolute Gasteiger partial charge is 0.264 e. The third-order valence-electron chi connectivity index (χ3n) is 4.18. The molecular formula is C18H17N5O3S. The highest BCUT2D eigenvalue weighted by Gasteiger charge is 2.20. The van der Waals surface area contributed by atoms with Crippen molar-refractivity contribution in [2.75, 3.05) is 4.72 Å². The fraction of sp³-hybridized carbons (Fsp3) is 0.167. The monoisotopic (exact) mass is 383 g/mol. The molecule has 0 aliphatic carbocycles. The largest absolute Gasteiger partial charge is 0.280 e. The maximum atomic E-state index is 12.7. The van der Waals surface area contributed by atoms with Gasteiger partial charge >= 0.3 is 0 Å². The van der Waals surface area contributed by atoms with Crippen LogP contribution in [0.25, 0.3) is 11.0 Å². The molecule has 0 spiro atoms. The molecule has 4 aromatic rings. The lowest BCUT2D eigenvalue weighted by molar-refractivity contribution is 0.315. The summed E-state index contributed by atoms with van der Waals surface area (Å²) in [4.78, 5) is 0.0213. The lowest BCUT2D eigenvalue weighted by Crippen LogP contribution is -2.13. The van der Waals surface area contributed by atoms with Gasteiger partial charge in [0.15, 0.2) is 5.52 Å². The third-order valence-corrected chi connectivity index (χ3v) is 5.59. The average Bonchev–Trinajstić information content (AvgIpc) is 3.22. The van der Waals surface area contributed by atoms with E-state index >= 15 is 0 Å². The van der Waals surface area contributed by atoms with Gasteiger partial charge in [0.2, 0.25) is 0 Å². The van der Waals surface area contributed by atoms with Crippen molar-refractivity contribution in [2.24, 2.45) is 0 Å². The van der Waals surface area contributed by atoms with Crippen LogP contribution in [-0.4, -0.2) is 28.5 Å². The van der Waals surface area contributed by atoms with Gasteiger partial charge in [-0.1, -0.05) is 18.2 Å². The van der Waals surface area contributed by atoms with Crippen molar-refractivity contribution in [3.8, 4) is 0 Å². The lowest BCUT2D eigenvalue weighted by atomic mass is 10.2. The number of anilines is 1. The van der Waals surface area contributed by atoms with Gasteiger partial charge in [-0.05, 0) is 60.1 Å². The molecule has 0 atom stereocenters. The number of nitrogens with one attached hydrogen (secondary N) is 1.